The van der Waals surface area contributed by atoms with Crippen LogP contribution in [0.3, 0.4) is 0 Å². The van der Waals surface area contributed by atoms with E-state index in [4.69, 9.17) is 0 Å². The van der Waals surface area contributed by atoms with Crippen LogP contribution in [-0.2, 0) is 6.54 Å². The molecule has 21 heavy (non-hydrogen) atoms. The van der Waals surface area contributed by atoms with Gasteiger partial charge in [-0.25, -0.2) is 4.68 Å². The molecule has 0 atom stereocenters. The molecule has 0 amide bonds. The van der Waals surface area contributed by atoms with Gasteiger partial charge in [0.15, 0.2) is 0 Å². The Labute approximate surface area is 126 Å². The zero-order chi connectivity index (χ0) is 14.7. The van der Waals surface area contributed by atoms with Crippen LogP contribution in [0, 0.1) is 11.8 Å². The number of rotatable bonds is 2. The first-order valence-corrected chi connectivity index (χ1v) is 7.68. The van der Waals surface area contributed by atoms with Crippen LogP contribution in [0.5, 0.6) is 0 Å². The highest BCUT2D eigenvalue weighted by atomic mass is 32.1. The SMILES string of the molecule is CCC#CCn1nc(-c2csc3ccccc23)ccc1=O. The average molecular weight is 294 g/mol. The Balaban J connectivity index is 2.07. The molecule has 4 heteroatoms. The van der Waals surface area contributed by atoms with Crippen LogP contribution < -0.4 is 5.56 Å². The van der Waals surface area contributed by atoms with Gasteiger partial charge in [0.05, 0.1) is 5.69 Å². The largest absolute Gasteiger partial charge is 0.268 e. The minimum atomic E-state index is -0.122. The van der Waals surface area contributed by atoms with Gasteiger partial charge >= 0.3 is 0 Å². The molecule has 0 spiro atoms. The molecule has 0 unspecified atom stereocenters. The highest BCUT2D eigenvalue weighted by molar-refractivity contribution is 7.17. The maximum absolute atomic E-state index is 11.8. The molecule has 104 valence electrons. The van der Waals surface area contributed by atoms with Crippen LogP contribution >= 0.6 is 11.3 Å². The topological polar surface area (TPSA) is 34.9 Å². The smallest absolute Gasteiger partial charge is 0.267 e. The van der Waals surface area contributed by atoms with Gasteiger partial charge in [0.1, 0.15) is 6.54 Å². The van der Waals surface area contributed by atoms with E-state index in [2.05, 4.69) is 34.5 Å². The second-order valence-electron chi connectivity index (χ2n) is 4.57. The zero-order valence-electron chi connectivity index (χ0n) is 11.7. The maximum atomic E-state index is 11.8. The standard InChI is InChI=1S/C17H14N2OS/c1-2-3-6-11-19-17(20)10-9-15(18-19)14-12-21-16-8-5-4-7-13(14)16/h4-5,7-10,12H,2,11H2,1H3. The van der Waals surface area contributed by atoms with E-state index in [9.17, 15) is 4.79 Å². The number of benzene rings is 1. The van der Waals surface area contributed by atoms with Crippen molar-refractivity contribution in [3.63, 3.8) is 0 Å². The van der Waals surface area contributed by atoms with Crippen molar-refractivity contribution in [2.24, 2.45) is 0 Å². The fourth-order valence-electron chi connectivity index (χ4n) is 2.14. The molecule has 0 radical (unpaired) electrons. The van der Waals surface area contributed by atoms with Gasteiger partial charge in [-0.1, -0.05) is 31.0 Å². The third-order valence-corrected chi connectivity index (χ3v) is 4.12. The molecule has 0 fully saturated rings. The molecule has 3 nitrogen and oxygen atoms in total. The normalized spacial score (nSPS) is 10.3. The summed E-state index contributed by atoms with van der Waals surface area (Å²) >= 11 is 1.68. The van der Waals surface area contributed by atoms with Crippen molar-refractivity contribution in [2.45, 2.75) is 19.9 Å². The Kier molecular flexibility index (Phi) is 3.85. The molecule has 0 saturated carbocycles. The molecule has 0 saturated heterocycles. The van der Waals surface area contributed by atoms with Gasteiger partial charge in [-0.2, -0.15) is 5.10 Å². The Morgan fingerprint density at radius 1 is 1.19 bits per heavy atom. The number of hydrogen-bond acceptors (Lipinski definition) is 3. The molecular formula is C17H14N2OS. The summed E-state index contributed by atoms with van der Waals surface area (Å²) in [6.07, 6.45) is 0.781. The summed E-state index contributed by atoms with van der Waals surface area (Å²) in [5.41, 5.74) is 1.75. The fourth-order valence-corrected chi connectivity index (χ4v) is 3.09. The lowest BCUT2D eigenvalue weighted by molar-refractivity contribution is 0.666. The molecule has 1 aromatic carbocycles. The molecule has 3 aromatic rings. The summed E-state index contributed by atoms with van der Waals surface area (Å²) in [6, 6.07) is 11.5. The first kappa shape index (κ1) is 13.6. The second-order valence-corrected chi connectivity index (χ2v) is 5.48. The van der Waals surface area contributed by atoms with Crippen LogP contribution in [0.4, 0.5) is 0 Å². The van der Waals surface area contributed by atoms with E-state index in [-0.39, 0.29) is 5.56 Å². The predicted octanol–water partition coefficient (Wildman–Crippen LogP) is 3.54. The highest BCUT2D eigenvalue weighted by Crippen LogP contribution is 2.32. The molecule has 2 heterocycles. The maximum Gasteiger partial charge on any atom is 0.267 e. The Bertz CT molecular complexity index is 896. The summed E-state index contributed by atoms with van der Waals surface area (Å²) in [7, 11) is 0. The lowest BCUT2D eigenvalue weighted by atomic mass is 10.1. The van der Waals surface area contributed by atoms with Crippen molar-refractivity contribution in [1.29, 1.82) is 0 Å². The summed E-state index contributed by atoms with van der Waals surface area (Å²) < 4.78 is 2.64. The molecule has 0 aliphatic rings. The molecule has 0 aliphatic carbocycles. The molecule has 3 rings (SSSR count). The predicted molar refractivity (Wildman–Crippen MR) is 87.4 cm³/mol. The Morgan fingerprint density at radius 3 is 2.90 bits per heavy atom. The molecular weight excluding hydrogens is 280 g/mol. The number of hydrogen-bond donors (Lipinski definition) is 0. The van der Waals surface area contributed by atoms with Crippen molar-refractivity contribution in [3.05, 3.63) is 52.1 Å². The Morgan fingerprint density at radius 2 is 2.05 bits per heavy atom. The van der Waals surface area contributed by atoms with Crippen LogP contribution in [-0.4, -0.2) is 9.78 Å². The first-order chi connectivity index (χ1) is 10.3. The van der Waals surface area contributed by atoms with Crippen LogP contribution in [0.1, 0.15) is 13.3 Å². The van der Waals surface area contributed by atoms with Crippen molar-refractivity contribution in [3.8, 4) is 23.1 Å². The third-order valence-electron chi connectivity index (χ3n) is 3.15. The van der Waals surface area contributed by atoms with Crippen molar-refractivity contribution >= 4 is 21.4 Å². The number of nitrogens with zero attached hydrogens (tertiary/aromatic N) is 2. The van der Waals surface area contributed by atoms with Crippen LogP contribution in [0.2, 0.25) is 0 Å². The van der Waals surface area contributed by atoms with Gasteiger partial charge in [0, 0.05) is 33.5 Å². The van der Waals surface area contributed by atoms with E-state index in [1.165, 1.54) is 14.8 Å². The Hall–Kier alpha value is -2.38. The van der Waals surface area contributed by atoms with Gasteiger partial charge in [0.2, 0.25) is 0 Å². The van der Waals surface area contributed by atoms with Crippen LogP contribution in [0.25, 0.3) is 21.3 Å². The van der Waals surface area contributed by atoms with Gasteiger partial charge in [-0.05, 0) is 12.1 Å². The van der Waals surface area contributed by atoms with E-state index in [0.29, 0.717) is 6.54 Å². The monoisotopic (exact) mass is 294 g/mol. The minimum absolute atomic E-state index is 0.122. The average Bonchev–Trinajstić information content (AvgIpc) is 2.93. The van der Waals surface area contributed by atoms with Gasteiger partial charge in [-0.3, -0.25) is 4.79 Å². The van der Waals surface area contributed by atoms with Crippen molar-refractivity contribution in [2.75, 3.05) is 0 Å². The van der Waals surface area contributed by atoms with Crippen molar-refractivity contribution in [1.82, 2.24) is 9.78 Å². The van der Waals surface area contributed by atoms with Gasteiger partial charge in [0.25, 0.3) is 5.56 Å². The van der Waals surface area contributed by atoms with E-state index in [1.807, 2.05) is 19.1 Å². The van der Waals surface area contributed by atoms with Gasteiger partial charge in [-0.15, -0.1) is 17.3 Å². The number of fused-ring (bicyclic) bond motifs is 1. The summed E-state index contributed by atoms with van der Waals surface area (Å²) in [4.78, 5) is 11.8. The van der Waals surface area contributed by atoms with E-state index < -0.39 is 0 Å². The van der Waals surface area contributed by atoms with Gasteiger partial charge < -0.3 is 0 Å². The van der Waals surface area contributed by atoms with Crippen molar-refractivity contribution < 1.29 is 0 Å². The fraction of sp³-hybridized carbons (Fsp3) is 0.176. The quantitative estimate of drug-likeness (QED) is 0.678. The first-order valence-electron chi connectivity index (χ1n) is 6.80. The molecule has 0 N–H and O–H groups in total. The lowest BCUT2D eigenvalue weighted by Gasteiger charge is -2.03. The number of thiophene rings is 1. The van der Waals surface area contributed by atoms with Crippen LogP contribution in [0.15, 0.2) is 46.6 Å². The summed E-state index contributed by atoms with van der Waals surface area (Å²) in [6.45, 7) is 2.32. The molecule has 2 aromatic heterocycles. The third kappa shape index (κ3) is 2.74. The van der Waals surface area contributed by atoms with E-state index in [1.54, 1.807) is 23.5 Å². The highest BCUT2D eigenvalue weighted by Gasteiger charge is 2.08. The zero-order valence-corrected chi connectivity index (χ0v) is 12.5. The molecule has 0 aliphatic heterocycles. The lowest BCUT2D eigenvalue weighted by Crippen LogP contribution is -2.21. The van der Waals surface area contributed by atoms with E-state index in [0.717, 1.165) is 17.7 Å². The second kappa shape index (κ2) is 5.94. The number of aromatic nitrogens is 2. The summed E-state index contributed by atoms with van der Waals surface area (Å²) in [5.74, 6) is 5.92. The minimum Gasteiger partial charge on any atom is -0.268 e. The van der Waals surface area contributed by atoms with E-state index >= 15 is 0 Å². The summed E-state index contributed by atoms with van der Waals surface area (Å²) in [5, 5.41) is 7.69. The molecule has 0 bridgehead atoms.